The van der Waals surface area contributed by atoms with E-state index in [9.17, 15) is 28.2 Å². The van der Waals surface area contributed by atoms with E-state index in [1.54, 1.807) is 28.8 Å². The van der Waals surface area contributed by atoms with Crippen LogP contribution in [0.4, 0.5) is 19.0 Å². The summed E-state index contributed by atoms with van der Waals surface area (Å²) in [5, 5.41) is 20.0. The summed E-state index contributed by atoms with van der Waals surface area (Å²) in [5.74, 6) is 0.305. The minimum absolute atomic E-state index is 0.0120. The van der Waals surface area contributed by atoms with Crippen LogP contribution in [0.2, 0.25) is 0 Å². The molecule has 0 saturated heterocycles. The Bertz CT molecular complexity index is 1700. The maximum absolute atomic E-state index is 13.5. The van der Waals surface area contributed by atoms with Crippen LogP contribution < -0.4 is 11.3 Å². The number of hydrogen-bond donors (Lipinski definition) is 3. The average Bonchev–Trinajstić information content (AvgIpc) is 3.25. The van der Waals surface area contributed by atoms with Gasteiger partial charge < -0.3 is 20.5 Å². The highest BCUT2D eigenvalue weighted by Gasteiger charge is 2.31. The zero-order valence-corrected chi connectivity index (χ0v) is 20.3. The van der Waals surface area contributed by atoms with Crippen LogP contribution in [-0.2, 0) is 18.5 Å². The van der Waals surface area contributed by atoms with Crippen molar-refractivity contribution in [2.75, 3.05) is 12.3 Å². The van der Waals surface area contributed by atoms with Crippen LogP contribution >= 0.6 is 11.8 Å². The van der Waals surface area contributed by atoms with Crippen LogP contribution in [0.15, 0.2) is 64.8 Å². The lowest BCUT2D eigenvalue weighted by Gasteiger charge is -2.16. The lowest BCUT2D eigenvalue weighted by molar-refractivity contribution is -0.137. The number of rotatable bonds is 7. The number of thioether (sulfide) groups is 1. The molecule has 10 nitrogen and oxygen atoms in total. The Kier molecular flexibility index (Phi) is 6.77. The highest BCUT2D eigenvalue weighted by Crippen LogP contribution is 2.32. The standard InChI is InChI=1S/C24H20F3N7O3S/c25-24(26,27)13-4-3-5-14(8-13)34-18(31-17-7-2-1-6-16(17)22(34)37)11-38-23-32-19-20(28)29-12-30-21(19)33(23)9-15(36)10-35/h1-8,12,15,35-36H,9-11H2,(H2,28,29,30)/t15-/m1/s1. The fraction of sp³-hybridized carbons (Fsp3) is 0.208. The highest BCUT2D eigenvalue weighted by atomic mass is 32.2. The lowest BCUT2D eigenvalue weighted by Crippen LogP contribution is -2.24. The van der Waals surface area contributed by atoms with Crippen molar-refractivity contribution in [1.82, 2.24) is 29.1 Å². The van der Waals surface area contributed by atoms with E-state index < -0.39 is 30.0 Å². The van der Waals surface area contributed by atoms with E-state index in [-0.39, 0.29) is 40.5 Å². The monoisotopic (exact) mass is 543 g/mol. The van der Waals surface area contributed by atoms with Crippen LogP contribution in [-0.4, -0.2) is 52.0 Å². The van der Waals surface area contributed by atoms with Crippen molar-refractivity contribution in [2.24, 2.45) is 0 Å². The number of anilines is 1. The summed E-state index contributed by atoms with van der Waals surface area (Å²) in [6, 6.07) is 11.0. The molecule has 0 bridgehead atoms. The third-order valence-electron chi connectivity index (χ3n) is 5.74. The normalized spacial score (nSPS) is 12.9. The predicted molar refractivity (Wildman–Crippen MR) is 135 cm³/mol. The fourth-order valence-electron chi connectivity index (χ4n) is 3.97. The van der Waals surface area contributed by atoms with Gasteiger partial charge in [0.05, 0.1) is 47.2 Å². The number of imidazole rings is 1. The molecule has 0 aliphatic carbocycles. The third kappa shape index (κ3) is 4.80. The molecule has 0 saturated carbocycles. The number of para-hydroxylation sites is 1. The first-order chi connectivity index (χ1) is 18.2. The van der Waals surface area contributed by atoms with Crippen LogP contribution in [0.5, 0.6) is 0 Å². The van der Waals surface area contributed by atoms with Crippen molar-refractivity contribution in [2.45, 2.75) is 29.7 Å². The Labute approximate surface area is 216 Å². The summed E-state index contributed by atoms with van der Waals surface area (Å²) in [6.07, 6.45) is -4.48. The SMILES string of the molecule is Nc1ncnc2c1nc(SCc1nc3ccccc3c(=O)n1-c1cccc(C(F)(F)F)c1)n2C[C@@H](O)CO. The van der Waals surface area contributed by atoms with E-state index in [0.717, 1.165) is 28.5 Å². The number of nitrogens with two attached hydrogens (primary N) is 1. The van der Waals surface area contributed by atoms with E-state index >= 15 is 0 Å². The first-order valence-corrected chi connectivity index (χ1v) is 12.2. The molecule has 5 aromatic rings. The molecule has 0 amide bonds. The van der Waals surface area contributed by atoms with Crippen LogP contribution in [0.3, 0.4) is 0 Å². The van der Waals surface area contributed by atoms with Gasteiger partial charge in [0, 0.05) is 0 Å². The molecular weight excluding hydrogens is 523 g/mol. The molecular formula is C24H20F3N7O3S. The van der Waals surface area contributed by atoms with Gasteiger partial charge in [-0.05, 0) is 30.3 Å². The predicted octanol–water partition coefficient (Wildman–Crippen LogP) is 2.77. The smallest absolute Gasteiger partial charge is 0.394 e. The van der Waals surface area contributed by atoms with E-state index in [1.807, 2.05) is 0 Å². The summed E-state index contributed by atoms with van der Waals surface area (Å²) in [7, 11) is 0. The molecule has 0 radical (unpaired) electrons. The average molecular weight is 544 g/mol. The van der Waals surface area contributed by atoms with Crippen LogP contribution in [0.1, 0.15) is 11.4 Å². The van der Waals surface area contributed by atoms with Gasteiger partial charge in [-0.25, -0.2) is 19.9 Å². The minimum atomic E-state index is -4.60. The van der Waals surface area contributed by atoms with Crippen LogP contribution in [0, 0.1) is 0 Å². The summed E-state index contributed by atoms with van der Waals surface area (Å²) in [5.41, 5.74) is 5.52. The number of halogens is 3. The quantitative estimate of drug-likeness (QED) is 0.264. The Balaban J connectivity index is 1.63. The second kappa shape index (κ2) is 10.0. The number of aromatic nitrogens is 6. The number of fused-ring (bicyclic) bond motifs is 2. The molecule has 196 valence electrons. The van der Waals surface area contributed by atoms with Gasteiger partial charge in [0.2, 0.25) is 0 Å². The van der Waals surface area contributed by atoms with Gasteiger partial charge in [0.25, 0.3) is 5.56 Å². The topological polar surface area (TPSA) is 145 Å². The third-order valence-corrected chi connectivity index (χ3v) is 6.71. The maximum atomic E-state index is 13.5. The zero-order valence-electron chi connectivity index (χ0n) is 19.5. The van der Waals surface area contributed by atoms with Gasteiger partial charge in [0.1, 0.15) is 12.2 Å². The second-order valence-electron chi connectivity index (χ2n) is 8.30. The first kappa shape index (κ1) is 25.6. The highest BCUT2D eigenvalue weighted by molar-refractivity contribution is 7.98. The molecule has 0 aliphatic rings. The Morgan fingerprint density at radius 3 is 2.63 bits per heavy atom. The van der Waals surface area contributed by atoms with Gasteiger partial charge in [-0.15, -0.1) is 0 Å². The van der Waals surface area contributed by atoms with Crippen molar-refractivity contribution < 1.29 is 23.4 Å². The van der Waals surface area contributed by atoms with Gasteiger partial charge >= 0.3 is 6.18 Å². The Hall–Kier alpha value is -4.01. The number of aliphatic hydroxyl groups excluding tert-OH is 2. The molecule has 0 fully saturated rings. The summed E-state index contributed by atoms with van der Waals surface area (Å²) in [4.78, 5) is 30.6. The van der Waals surface area contributed by atoms with Crippen molar-refractivity contribution in [3.8, 4) is 5.69 Å². The Morgan fingerprint density at radius 2 is 1.87 bits per heavy atom. The molecule has 0 spiro atoms. The number of hydrogen-bond acceptors (Lipinski definition) is 9. The molecule has 5 rings (SSSR count). The number of aliphatic hydroxyl groups is 2. The van der Waals surface area contributed by atoms with E-state index in [1.165, 1.54) is 18.5 Å². The van der Waals surface area contributed by atoms with Gasteiger partial charge in [-0.2, -0.15) is 13.2 Å². The molecule has 14 heteroatoms. The maximum Gasteiger partial charge on any atom is 0.416 e. The number of benzene rings is 2. The fourth-order valence-corrected chi connectivity index (χ4v) is 4.89. The largest absolute Gasteiger partial charge is 0.416 e. The molecule has 3 heterocycles. The van der Waals surface area contributed by atoms with Crippen molar-refractivity contribution >= 4 is 39.6 Å². The molecule has 3 aromatic heterocycles. The van der Waals surface area contributed by atoms with E-state index in [4.69, 9.17) is 5.73 Å². The van der Waals surface area contributed by atoms with Crippen molar-refractivity contribution in [1.29, 1.82) is 0 Å². The van der Waals surface area contributed by atoms with Gasteiger partial charge in [0.15, 0.2) is 22.1 Å². The van der Waals surface area contributed by atoms with Gasteiger partial charge in [-0.1, -0.05) is 30.0 Å². The minimum Gasteiger partial charge on any atom is -0.394 e. The summed E-state index contributed by atoms with van der Waals surface area (Å²) >= 11 is 1.11. The summed E-state index contributed by atoms with van der Waals surface area (Å²) < 4.78 is 43.0. The van der Waals surface area contributed by atoms with Crippen molar-refractivity contribution in [3.63, 3.8) is 0 Å². The summed E-state index contributed by atoms with van der Waals surface area (Å²) in [6.45, 7) is -0.566. The number of nitrogen functional groups attached to an aromatic ring is 1. The molecule has 4 N–H and O–H groups in total. The van der Waals surface area contributed by atoms with E-state index in [2.05, 4.69) is 19.9 Å². The molecule has 0 aliphatic heterocycles. The second-order valence-corrected chi connectivity index (χ2v) is 9.24. The van der Waals surface area contributed by atoms with Crippen molar-refractivity contribution in [3.05, 3.63) is 76.6 Å². The van der Waals surface area contributed by atoms with Gasteiger partial charge in [-0.3, -0.25) is 9.36 Å². The first-order valence-electron chi connectivity index (χ1n) is 11.2. The molecule has 0 unspecified atom stereocenters. The number of alkyl halides is 3. The Morgan fingerprint density at radius 1 is 1.08 bits per heavy atom. The molecule has 2 aromatic carbocycles. The van der Waals surface area contributed by atoms with E-state index in [0.29, 0.717) is 16.3 Å². The molecule has 38 heavy (non-hydrogen) atoms. The zero-order chi connectivity index (χ0) is 27.0. The lowest BCUT2D eigenvalue weighted by atomic mass is 10.2. The molecule has 1 atom stereocenters. The van der Waals surface area contributed by atoms with Crippen LogP contribution in [0.25, 0.3) is 27.8 Å². The number of nitrogens with zero attached hydrogens (tertiary/aromatic N) is 6.